The minimum atomic E-state index is -0.182. The predicted octanol–water partition coefficient (Wildman–Crippen LogP) is 1.98. The van der Waals surface area contributed by atoms with Gasteiger partial charge in [0.2, 0.25) is 0 Å². The molecule has 0 aromatic rings. The van der Waals surface area contributed by atoms with Crippen LogP contribution in [0.4, 0.5) is 0 Å². The fourth-order valence-electron chi connectivity index (χ4n) is 1.40. The molecule has 0 amide bonds. The number of cyclic esters (lactones) is 2. The quantitative estimate of drug-likeness (QED) is 0.468. The van der Waals surface area contributed by atoms with Crippen molar-refractivity contribution in [3.05, 3.63) is 12.2 Å². The zero-order valence-electron chi connectivity index (χ0n) is 9.44. The van der Waals surface area contributed by atoms with E-state index in [4.69, 9.17) is 9.47 Å². The maximum Gasteiger partial charge on any atom is 0.305 e. The summed E-state index contributed by atoms with van der Waals surface area (Å²) in [5, 5.41) is 0. The van der Waals surface area contributed by atoms with E-state index in [0.717, 1.165) is 12.8 Å². The van der Waals surface area contributed by atoms with Gasteiger partial charge in [0, 0.05) is 12.8 Å². The molecule has 0 aromatic carbocycles. The molecule has 90 valence electrons. The van der Waals surface area contributed by atoms with E-state index in [1.807, 2.05) is 12.2 Å². The summed E-state index contributed by atoms with van der Waals surface area (Å²) in [5.74, 6) is -0.363. The smallest absolute Gasteiger partial charge is 0.305 e. The third-order valence-corrected chi connectivity index (χ3v) is 2.27. The minimum absolute atomic E-state index is 0.182. The third-order valence-electron chi connectivity index (χ3n) is 2.27. The van der Waals surface area contributed by atoms with E-state index in [1.54, 1.807) is 0 Å². The van der Waals surface area contributed by atoms with Crippen LogP contribution in [0.2, 0.25) is 0 Å². The van der Waals surface area contributed by atoms with E-state index in [0.29, 0.717) is 38.9 Å². The van der Waals surface area contributed by atoms with Gasteiger partial charge in [0.25, 0.3) is 0 Å². The molecule has 16 heavy (non-hydrogen) atoms. The van der Waals surface area contributed by atoms with Crippen LogP contribution in [0.5, 0.6) is 0 Å². The van der Waals surface area contributed by atoms with Crippen molar-refractivity contribution in [2.45, 2.75) is 38.5 Å². The van der Waals surface area contributed by atoms with Crippen LogP contribution >= 0.6 is 0 Å². The second-order valence-electron chi connectivity index (χ2n) is 3.70. The highest BCUT2D eigenvalue weighted by Crippen LogP contribution is 2.04. The molecule has 0 spiro atoms. The first-order valence-corrected chi connectivity index (χ1v) is 5.75. The van der Waals surface area contributed by atoms with Gasteiger partial charge in [-0.15, -0.1) is 0 Å². The Morgan fingerprint density at radius 1 is 0.812 bits per heavy atom. The monoisotopic (exact) mass is 226 g/mol. The summed E-state index contributed by atoms with van der Waals surface area (Å²) in [4.78, 5) is 22.3. The van der Waals surface area contributed by atoms with Gasteiger partial charge < -0.3 is 9.47 Å². The van der Waals surface area contributed by atoms with Crippen LogP contribution < -0.4 is 0 Å². The van der Waals surface area contributed by atoms with Gasteiger partial charge in [0.05, 0.1) is 13.2 Å². The molecule has 0 aliphatic carbocycles. The molecule has 4 heteroatoms. The molecule has 0 atom stereocenters. The Bertz CT molecular complexity index is 232. The summed E-state index contributed by atoms with van der Waals surface area (Å²) in [6.45, 7) is 0.879. The molecule has 0 fully saturated rings. The summed E-state index contributed by atoms with van der Waals surface area (Å²) in [5.41, 5.74) is 0. The fourth-order valence-corrected chi connectivity index (χ4v) is 1.40. The van der Waals surface area contributed by atoms with Crippen molar-refractivity contribution < 1.29 is 19.1 Å². The number of carbonyl (C=O) groups is 2. The van der Waals surface area contributed by atoms with Crippen LogP contribution in [-0.4, -0.2) is 25.2 Å². The molecule has 1 rings (SSSR count). The fraction of sp³-hybridized carbons (Fsp3) is 0.667. The number of carbonyl (C=O) groups excluding carboxylic acids is 2. The number of hydrogen-bond donors (Lipinski definition) is 0. The van der Waals surface area contributed by atoms with E-state index >= 15 is 0 Å². The maximum atomic E-state index is 11.2. The first-order chi connectivity index (χ1) is 7.79. The second kappa shape index (κ2) is 7.91. The van der Waals surface area contributed by atoms with Crippen molar-refractivity contribution in [2.75, 3.05) is 13.2 Å². The van der Waals surface area contributed by atoms with E-state index in [1.165, 1.54) is 0 Å². The van der Waals surface area contributed by atoms with Crippen molar-refractivity contribution in [1.82, 2.24) is 0 Å². The highest BCUT2D eigenvalue weighted by Gasteiger charge is 2.05. The van der Waals surface area contributed by atoms with Gasteiger partial charge in [-0.1, -0.05) is 12.2 Å². The summed E-state index contributed by atoms with van der Waals surface area (Å²) in [7, 11) is 0. The molecular formula is C12H18O4. The normalized spacial score (nSPS) is 20.8. The Kier molecular flexibility index (Phi) is 6.30. The van der Waals surface area contributed by atoms with Gasteiger partial charge in [-0.2, -0.15) is 0 Å². The van der Waals surface area contributed by atoms with Crippen molar-refractivity contribution in [2.24, 2.45) is 0 Å². The van der Waals surface area contributed by atoms with Gasteiger partial charge >= 0.3 is 11.9 Å². The lowest BCUT2D eigenvalue weighted by Gasteiger charge is -2.05. The van der Waals surface area contributed by atoms with Gasteiger partial charge in [-0.3, -0.25) is 9.59 Å². The minimum Gasteiger partial charge on any atom is -0.465 e. The molecule has 0 radical (unpaired) electrons. The van der Waals surface area contributed by atoms with E-state index in [-0.39, 0.29) is 11.9 Å². The molecule has 0 saturated carbocycles. The van der Waals surface area contributed by atoms with Crippen LogP contribution in [0.1, 0.15) is 38.5 Å². The zero-order valence-corrected chi connectivity index (χ0v) is 9.44. The number of ether oxygens (including phenoxy) is 2. The molecular weight excluding hydrogens is 208 g/mol. The molecule has 0 aromatic heterocycles. The van der Waals surface area contributed by atoms with Gasteiger partial charge in [0.15, 0.2) is 0 Å². The average molecular weight is 226 g/mol. The highest BCUT2D eigenvalue weighted by atomic mass is 16.5. The lowest BCUT2D eigenvalue weighted by atomic mass is 10.2. The first-order valence-electron chi connectivity index (χ1n) is 5.75. The van der Waals surface area contributed by atoms with Crippen molar-refractivity contribution in [3.63, 3.8) is 0 Å². The predicted molar refractivity (Wildman–Crippen MR) is 58.8 cm³/mol. The summed E-state index contributed by atoms with van der Waals surface area (Å²) in [6.07, 6.45) is 7.46. The number of rotatable bonds is 0. The number of hydrogen-bond acceptors (Lipinski definition) is 4. The van der Waals surface area contributed by atoms with E-state index in [9.17, 15) is 9.59 Å². The SMILES string of the molecule is O=C1CCCCC(=O)OCCC=CCCO1. The van der Waals surface area contributed by atoms with Gasteiger partial charge in [-0.05, 0) is 25.7 Å². The molecule has 0 unspecified atom stereocenters. The number of esters is 2. The zero-order chi connectivity index (χ0) is 11.6. The van der Waals surface area contributed by atoms with Crippen LogP contribution in [0.3, 0.4) is 0 Å². The molecule has 4 nitrogen and oxygen atoms in total. The van der Waals surface area contributed by atoms with Crippen LogP contribution in [0, 0.1) is 0 Å². The highest BCUT2D eigenvalue weighted by molar-refractivity contribution is 5.70. The second-order valence-corrected chi connectivity index (χ2v) is 3.70. The standard InChI is InChI=1S/C12H18O4/c13-11-7-3-4-8-12(14)16-10-6-2-1-5-9-15-11/h1-2H,3-10H2. The average Bonchev–Trinajstić information content (AvgIpc) is 2.27. The first kappa shape index (κ1) is 12.7. The Labute approximate surface area is 95.6 Å². The van der Waals surface area contributed by atoms with E-state index in [2.05, 4.69) is 0 Å². The Morgan fingerprint density at radius 3 is 1.69 bits per heavy atom. The summed E-state index contributed by atoms with van der Waals surface area (Å²) < 4.78 is 10.0. The summed E-state index contributed by atoms with van der Waals surface area (Å²) >= 11 is 0. The molecule has 1 aliphatic heterocycles. The Balaban J connectivity index is 2.33. The molecule has 0 bridgehead atoms. The van der Waals surface area contributed by atoms with Crippen LogP contribution in [-0.2, 0) is 19.1 Å². The van der Waals surface area contributed by atoms with Crippen LogP contribution in [0.15, 0.2) is 12.2 Å². The van der Waals surface area contributed by atoms with Crippen molar-refractivity contribution >= 4 is 11.9 Å². The molecule has 1 aliphatic rings. The Morgan fingerprint density at radius 2 is 1.25 bits per heavy atom. The molecule has 1 heterocycles. The lowest BCUT2D eigenvalue weighted by molar-refractivity contribution is -0.145. The summed E-state index contributed by atoms with van der Waals surface area (Å²) in [6, 6.07) is 0. The third kappa shape index (κ3) is 6.22. The topological polar surface area (TPSA) is 52.6 Å². The molecule has 0 saturated heterocycles. The van der Waals surface area contributed by atoms with E-state index < -0.39 is 0 Å². The van der Waals surface area contributed by atoms with Gasteiger partial charge in [0.1, 0.15) is 0 Å². The van der Waals surface area contributed by atoms with Gasteiger partial charge in [-0.25, -0.2) is 0 Å². The Hall–Kier alpha value is -1.32. The maximum absolute atomic E-state index is 11.2. The van der Waals surface area contributed by atoms with Crippen LogP contribution in [0.25, 0.3) is 0 Å². The van der Waals surface area contributed by atoms with Crippen molar-refractivity contribution in [1.29, 1.82) is 0 Å². The van der Waals surface area contributed by atoms with Crippen molar-refractivity contribution in [3.8, 4) is 0 Å². The lowest BCUT2D eigenvalue weighted by Crippen LogP contribution is -2.08. The molecule has 0 N–H and O–H groups in total. The largest absolute Gasteiger partial charge is 0.465 e.